The third kappa shape index (κ3) is 2.07. The molecule has 0 amide bonds. The standard InChI is InChI=1S/C14H20O2/c1-9-6-10(12-8-16-12)13(15-5)11(7-9)14(2,3)4/h6-7,12H,8H2,1-5H3. The SMILES string of the molecule is COc1c(C2CO2)cc(C)cc1C(C)(C)C. The van der Waals surface area contributed by atoms with E-state index in [9.17, 15) is 0 Å². The molecule has 16 heavy (non-hydrogen) atoms. The third-order valence-electron chi connectivity index (χ3n) is 2.95. The summed E-state index contributed by atoms with van der Waals surface area (Å²) in [6.45, 7) is 9.58. The van der Waals surface area contributed by atoms with Gasteiger partial charge in [0.15, 0.2) is 0 Å². The molecule has 2 heteroatoms. The topological polar surface area (TPSA) is 21.8 Å². The molecule has 2 nitrogen and oxygen atoms in total. The molecule has 1 heterocycles. The van der Waals surface area contributed by atoms with Crippen LogP contribution in [0.1, 0.15) is 43.6 Å². The lowest BCUT2D eigenvalue weighted by Gasteiger charge is -2.24. The number of hydrogen-bond acceptors (Lipinski definition) is 2. The van der Waals surface area contributed by atoms with Gasteiger partial charge in [0.2, 0.25) is 0 Å². The lowest BCUT2D eigenvalue weighted by molar-refractivity contribution is 0.372. The number of hydrogen-bond donors (Lipinski definition) is 0. The molecule has 1 aromatic carbocycles. The summed E-state index contributed by atoms with van der Waals surface area (Å²) in [5.74, 6) is 1.00. The molecule has 1 atom stereocenters. The molecule has 0 N–H and O–H groups in total. The fourth-order valence-electron chi connectivity index (χ4n) is 2.05. The molecule has 88 valence electrons. The zero-order valence-electron chi connectivity index (χ0n) is 10.8. The van der Waals surface area contributed by atoms with Crippen molar-refractivity contribution in [3.63, 3.8) is 0 Å². The van der Waals surface area contributed by atoms with Crippen molar-refractivity contribution in [3.05, 3.63) is 28.8 Å². The van der Waals surface area contributed by atoms with Crippen molar-refractivity contribution >= 4 is 0 Å². The van der Waals surface area contributed by atoms with Crippen molar-refractivity contribution in [2.45, 2.75) is 39.2 Å². The summed E-state index contributed by atoms with van der Waals surface area (Å²) in [6.07, 6.45) is 0.246. The second-order valence-electron chi connectivity index (χ2n) is 5.51. The Morgan fingerprint density at radius 2 is 1.94 bits per heavy atom. The van der Waals surface area contributed by atoms with Crippen molar-refractivity contribution in [3.8, 4) is 5.75 Å². The van der Waals surface area contributed by atoms with Gasteiger partial charge in [-0.15, -0.1) is 0 Å². The Balaban J connectivity index is 2.58. The largest absolute Gasteiger partial charge is 0.496 e. The van der Waals surface area contributed by atoms with Crippen molar-refractivity contribution in [1.82, 2.24) is 0 Å². The van der Waals surface area contributed by atoms with Crippen LogP contribution in [0, 0.1) is 6.92 Å². The first-order valence-electron chi connectivity index (χ1n) is 5.74. The summed E-state index contributed by atoms with van der Waals surface area (Å²) >= 11 is 0. The van der Waals surface area contributed by atoms with Crippen LogP contribution in [-0.2, 0) is 10.2 Å². The number of benzene rings is 1. The highest BCUT2D eigenvalue weighted by atomic mass is 16.6. The van der Waals surface area contributed by atoms with Gasteiger partial charge in [0, 0.05) is 11.1 Å². The van der Waals surface area contributed by atoms with E-state index in [2.05, 4.69) is 39.8 Å². The van der Waals surface area contributed by atoms with Crippen molar-refractivity contribution in [1.29, 1.82) is 0 Å². The average Bonchev–Trinajstić information content (AvgIpc) is 2.98. The van der Waals surface area contributed by atoms with E-state index in [1.807, 2.05) is 0 Å². The van der Waals surface area contributed by atoms with Crippen LogP contribution in [0.25, 0.3) is 0 Å². The van der Waals surface area contributed by atoms with Crippen LogP contribution in [0.2, 0.25) is 0 Å². The van der Waals surface area contributed by atoms with E-state index in [-0.39, 0.29) is 11.5 Å². The Hall–Kier alpha value is -1.02. The van der Waals surface area contributed by atoms with Gasteiger partial charge in [-0.05, 0) is 18.4 Å². The van der Waals surface area contributed by atoms with Gasteiger partial charge in [-0.2, -0.15) is 0 Å². The second kappa shape index (κ2) is 3.77. The molecule has 0 saturated carbocycles. The molecule has 1 aromatic rings. The highest BCUT2D eigenvalue weighted by molar-refractivity contribution is 5.49. The Morgan fingerprint density at radius 1 is 1.31 bits per heavy atom. The molecule has 0 bridgehead atoms. The maximum absolute atomic E-state index is 5.58. The smallest absolute Gasteiger partial charge is 0.128 e. The zero-order valence-corrected chi connectivity index (χ0v) is 10.8. The third-order valence-corrected chi connectivity index (χ3v) is 2.95. The minimum Gasteiger partial charge on any atom is -0.496 e. The normalized spacial score (nSPS) is 19.7. The summed E-state index contributed by atoms with van der Waals surface area (Å²) < 4.78 is 11.0. The lowest BCUT2D eigenvalue weighted by Crippen LogP contribution is -2.14. The number of rotatable bonds is 2. The van der Waals surface area contributed by atoms with Gasteiger partial charge in [-0.25, -0.2) is 0 Å². The van der Waals surface area contributed by atoms with E-state index in [1.165, 1.54) is 16.7 Å². The first-order chi connectivity index (χ1) is 7.43. The quantitative estimate of drug-likeness (QED) is 0.713. The van der Waals surface area contributed by atoms with Crippen LogP contribution in [0.4, 0.5) is 0 Å². The lowest BCUT2D eigenvalue weighted by atomic mass is 9.83. The van der Waals surface area contributed by atoms with Crippen molar-refractivity contribution in [2.24, 2.45) is 0 Å². The fraction of sp³-hybridized carbons (Fsp3) is 0.571. The van der Waals surface area contributed by atoms with Crippen molar-refractivity contribution in [2.75, 3.05) is 13.7 Å². The van der Waals surface area contributed by atoms with Gasteiger partial charge < -0.3 is 9.47 Å². The molecule has 0 spiro atoms. The molecule has 0 aliphatic carbocycles. The van der Waals surface area contributed by atoms with E-state index >= 15 is 0 Å². The predicted molar refractivity (Wildman–Crippen MR) is 65.1 cm³/mol. The summed E-state index contributed by atoms with van der Waals surface area (Å²) in [4.78, 5) is 0. The Bertz CT molecular complexity index is 398. The molecule has 1 unspecified atom stereocenters. The minimum atomic E-state index is 0.0982. The Labute approximate surface area is 97.6 Å². The molecule has 1 saturated heterocycles. The molecule has 1 fully saturated rings. The first kappa shape index (κ1) is 11.5. The van der Waals surface area contributed by atoms with Crippen LogP contribution in [0.5, 0.6) is 5.75 Å². The van der Waals surface area contributed by atoms with E-state index in [0.717, 1.165) is 12.4 Å². The van der Waals surface area contributed by atoms with Gasteiger partial charge in [-0.1, -0.05) is 32.4 Å². The Kier molecular flexibility index (Phi) is 2.70. The van der Waals surface area contributed by atoms with E-state index in [1.54, 1.807) is 7.11 Å². The number of ether oxygens (including phenoxy) is 2. The number of methoxy groups -OCH3 is 1. The molecular formula is C14H20O2. The van der Waals surface area contributed by atoms with Gasteiger partial charge in [0.25, 0.3) is 0 Å². The Morgan fingerprint density at radius 3 is 2.38 bits per heavy atom. The monoisotopic (exact) mass is 220 g/mol. The number of aryl methyl sites for hydroxylation is 1. The van der Waals surface area contributed by atoms with Gasteiger partial charge in [0.1, 0.15) is 11.9 Å². The van der Waals surface area contributed by atoms with Gasteiger partial charge in [0.05, 0.1) is 13.7 Å². The highest BCUT2D eigenvalue weighted by Crippen LogP contribution is 2.42. The van der Waals surface area contributed by atoms with E-state index < -0.39 is 0 Å². The van der Waals surface area contributed by atoms with Gasteiger partial charge >= 0.3 is 0 Å². The molecule has 0 aromatic heterocycles. The van der Waals surface area contributed by atoms with E-state index in [0.29, 0.717) is 0 Å². The molecule has 2 rings (SSSR count). The molecular weight excluding hydrogens is 200 g/mol. The summed E-state index contributed by atoms with van der Waals surface area (Å²) in [5.41, 5.74) is 3.84. The van der Waals surface area contributed by atoms with Crippen LogP contribution in [0.3, 0.4) is 0 Å². The predicted octanol–water partition coefficient (Wildman–Crippen LogP) is 3.37. The maximum atomic E-state index is 5.58. The van der Waals surface area contributed by atoms with Crippen LogP contribution >= 0.6 is 0 Å². The zero-order chi connectivity index (χ0) is 11.9. The fourth-order valence-corrected chi connectivity index (χ4v) is 2.05. The maximum Gasteiger partial charge on any atom is 0.128 e. The number of epoxide rings is 1. The first-order valence-corrected chi connectivity index (χ1v) is 5.74. The summed E-state index contributed by atoms with van der Waals surface area (Å²) in [7, 11) is 1.74. The van der Waals surface area contributed by atoms with Crippen LogP contribution in [0.15, 0.2) is 12.1 Å². The molecule has 1 aliphatic heterocycles. The minimum absolute atomic E-state index is 0.0982. The van der Waals surface area contributed by atoms with E-state index in [4.69, 9.17) is 9.47 Å². The second-order valence-corrected chi connectivity index (χ2v) is 5.51. The summed E-state index contributed by atoms with van der Waals surface area (Å²) in [6, 6.07) is 4.39. The van der Waals surface area contributed by atoms with Crippen molar-refractivity contribution < 1.29 is 9.47 Å². The van der Waals surface area contributed by atoms with Crippen LogP contribution in [-0.4, -0.2) is 13.7 Å². The van der Waals surface area contributed by atoms with Gasteiger partial charge in [-0.3, -0.25) is 0 Å². The average molecular weight is 220 g/mol. The molecule has 1 aliphatic rings. The molecule has 0 radical (unpaired) electrons. The summed E-state index contributed by atoms with van der Waals surface area (Å²) in [5, 5.41) is 0. The highest BCUT2D eigenvalue weighted by Gasteiger charge is 2.31. The van der Waals surface area contributed by atoms with Crippen LogP contribution < -0.4 is 4.74 Å².